The highest BCUT2D eigenvalue weighted by Gasteiger charge is 2.25. The minimum absolute atomic E-state index is 0.164. The molecule has 29 heavy (non-hydrogen) atoms. The Kier molecular flexibility index (Phi) is 4.56. The molecule has 2 aromatic carbocycles. The summed E-state index contributed by atoms with van der Waals surface area (Å²) in [5.74, 6) is 0.0132. The number of amides is 1. The molecule has 0 atom stereocenters. The molecule has 0 saturated carbocycles. The van der Waals surface area contributed by atoms with Crippen LogP contribution in [0.25, 0.3) is 11.6 Å². The second kappa shape index (κ2) is 7.06. The highest BCUT2D eigenvalue weighted by atomic mass is 32.2. The average molecular weight is 406 g/mol. The summed E-state index contributed by atoms with van der Waals surface area (Å²) in [4.78, 5) is 16.6. The third-order valence-electron chi connectivity index (χ3n) is 4.56. The number of rotatable bonds is 4. The third kappa shape index (κ3) is 3.70. The average Bonchev–Trinajstić information content (AvgIpc) is 2.98. The lowest BCUT2D eigenvalue weighted by Crippen LogP contribution is -2.13. The molecule has 0 spiro atoms. The molecule has 1 aromatic heterocycles. The number of carbonyl (C=O) groups is 1. The van der Waals surface area contributed by atoms with Crippen LogP contribution >= 0.6 is 0 Å². The maximum Gasteiger partial charge on any atom is 0.261 e. The number of anilines is 3. The van der Waals surface area contributed by atoms with Gasteiger partial charge in [-0.3, -0.25) is 9.52 Å². The number of carbonyl (C=O) groups excluding carboxylic acids is 1. The summed E-state index contributed by atoms with van der Waals surface area (Å²) >= 11 is 0. The summed E-state index contributed by atoms with van der Waals surface area (Å²) in [6, 6.07) is 14.9. The van der Waals surface area contributed by atoms with Gasteiger partial charge in [-0.1, -0.05) is 17.7 Å². The number of nitrogens with two attached hydrogens (primary N) is 1. The van der Waals surface area contributed by atoms with E-state index < -0.39 is 10.0 Å². The fourth-order valence-corrected chi connectivity index (χ4v) is 4.08. The molecule has 2 heterocycles. The number of aromatic nitrogens is 1. The Labute approximate surface area is 168 Å². The van der Waals surface area contributed by atoms with Gasteiger partial charge in [0, 0.05) is 34.3 Å². The number of hydrogen-bond donors (Lipinski definition) is 3. The summed E-state index contributed by atoms with van der Waals surface area (Å²) in [5, 5.41) is 2.77. The van der Waals surface area contributed by atoms with Crippen molar-refractivity contribution in [2.45, 2.75) is 11.8 Å². The number of fused-ring (bicyclic) bond motifs is 1. The van der Waals surface area contributed by atoms with Gasteiger partial charge < -0.3 is 11.1 Å². The first-order valence-corrected chi connectivity index (χ1v) is 10.3. The van der Waals surface area contributed by atoms with Gasteiger partial charge in [0.25, 0.3) is 15.9 Å². The van der Waals surface area contributed by atoms with Gasteiger partial charge in [-0.25, -0.2) is 13.4 Å². The third-order valence-corrected chi connectivity index (χ3v) is 5.95. The Morgan fingerprint density at radius 3 is 2.59 bits per heavy atom. The van der Waals surface area contributed by atoms with Crippen molar-refractivity contribution in [1.29, 1.82) is 0 Å². The molecule has 0 fully saturated rings. The molecule has 1 aliphatic heterocycles. The summed E-state index contributed by atoms with van der Waals surface area (Å²) in [5.41, 5.74) is 9.37. The van der Waals surface area contributed by atoms with Crippen LogP contribution in [0.2, 0.25) is 0 Å². The SMILES string of the molecule is Cc1ccc(S(=O)(=O)Nc2ccc3c(c2)C(=Cc2cccnc2N)C(=O)N3)cc1. The highest BCUT2D eigenvalue weighted by Crippen LogP contribution is 2.36. The van der Waals surface area contributed by atoms with E-state index in [9.17, 15) is 13.2 Å². The summed E-state index contributed by atoms with van der Waals surface area (Å²) in [6.07, 6.45) is 3.21. The van der Waals surface area contributed by atoms with Crippen molar-refractivity contribution in [3.8, 4) is 0 Å². The van der Waals surface area contributed by atoms with Crippen LogP contribution in [0.4, 0.5) is 17.2 Å². The lowest BCUT2D eigenvalue weighted by Gasteiger charge is -2.10. The normalized spacial score (nSPS) is 14.5. The standard InChI is InChI=1S/C21H18N4O3S/c1-13-4-7-16(8-5-13)29(27,28)25-15-6-9-19-17(12-15)18(21(26)24-19)11-14-3-2-10-23-20(14)22/h2-12,25H,1H3,(H2,22,23)(H,24,26). The number of nitrogens with zero attached hydrogens (tertiary/aromatic N) is 1. The van der Waals surface area contributed by atoms with Gasteiger partial charge in [-0.05, 0) is 55.5 Å². The molecule has 0 unspecified atom stereocenters. The van der Waals surface area contributed by atoms with E-state index in [4.69, 9.17) is 5.73 Å². The Hall–Kier alpha value is -3.65. The number of nitrogens with one attached hydrogen (secondary N) is 2. The van der Waals surface area contributed by atoms with Gasteiger partial charge in [-0.15, -0.1) is 0 Å². The van der Waals surface area contributed by atoms with Crippen LogP contribution in [0, 0.1) is 6.92 Å². The molecule has 4 rings (SSSR count). The van der Waals surface area contributed by atoms with E-state index in [1.54, 1.807) is 66.9 Å². The first-order chi connectivity index (χ1) is 13.8. The monoisotopic (exact) mass is 406 g/mol. The maximum atomic E-state index is 12.7. The molecule has 8 heteroatoms. The first-order valence-electron chi connectivity index (χ1n) is 8.81. The Balaban J connectivity index is 1.70. The molecule has 7 nitrogen and oxygen atoms in total. The van der Waals surface area contributed by atoms with Gasteiger partial charge in [0.05, 0.1) is 4.90 Å². The molecule has 1 aliphatic rings. The summed E-state index contributed by atoms with van der Waals surface area (Å²) in [6.45, 7) is 1.89. The zero-order chi connectivity index (χ0) is 20.6. The lowest BCUT2D eigenvalue weighted by atomic mass is 10.0. The van der Waals surface area contributed by atoms with Gasteiger partial charge in [0.15, 0.2) is 0 Å². The molecule has 0 saturated heterocycles. The number of sulfonamides is 1. The van der Waals surface area contributed by atoms with Gasteiger partial charge >= 0.3 is 0 Å². The van der Waals surface area contributed by atoms with E-state index in [2.05, 4.69) is 15.0 Å². The van der Waals surface area contributed by atoms with Gasteiger partial charge in [0.1, 0.15) is 5.82 Å². The zero-order valence-electron chi connectivity index (χ0n) is 15.5. The van der Waals surface area contributed by atoms with Crippen LogP contribution in [0.1, 0.15) is 16.7 Å². The van der Waals surface area contributed by atoms with Crippen molar-refractivity contribution in [3.63, 3.8) is 0 Å². The molecular formula is C21H18N4O3S. The minimum Gasteiger partial charge on any atom is -0.383 e. The first kappa shape index (κ1) is 18.7. The highest BCUT2D eigenvalue weighted by molar-refractivity contribution is 7.92. The van der Waals surface area contributed by atoms with Crippen molar-refractivity contribution in [3.05, 3.63) is 77.5 Å². The number of nitrogen functional groups attached to an aromatic ring is 1. The van der Waals surface area contributed by atoms with Crippen LogP contribution < -0.4 is 15.8 Å². The number of aryl methyl sites for hydroxylation is 1. The van der Waals surface area contributed by atoms with Crippen LogP contribution in [-0.2, 0) is 14.8 Å². The zero-order valence-corrected chi connectivity index (χ0v) is 16.3. The van der Waals surface area contributed by atoms with Crippen LogP contribution in [-0.4, -0.2) is 19.3 Å². The number of hydrogen-bond acceptors (Lipinski definition) is 5. The fourth-order valence-electron chi connectivity index (χ4n) is 3.03. The van der Waals surface area contributed by atoms with E-state index in [0.29, 0.717) is 33.9 Å². The molecule has 146 valence electrons. The fraction of sp³-hybridized carbons (Fsp3) is 0.0476. The molecule has 0 bridgehead atoms. The Bertz CT molecular complexity index is 1250. The molecule has 0 aliphatic carbocycles. The van der Waals surface area contributed by atoms with E-state index in [-0.39, 0.29) is 10.8 Å². The predicted octanol–water partition coefficient (Wildman–Crippen LogP) is 3.27. The maximum absolute atomic E-state index is 12.7. The predicted molar refractivity (Wildman–Crippen MR) is 114 cm³/mol. The van der Waals surface area contributed by atoms with Crippen molar-refractivity contribution < 1.29 is 13.2 Å². The van der Waals surface area contributed by atoms with E-state index in [0.717, 1.165) is 5.56 Å². The van der Waals surface area contributed by atoms with Crippen molar-refractivity contribution in [2.75, 3.05) is 15.8 Å². The minimum atomic E-state index is -3.75. The number of pyridine rings is 1. The molecule has 4 N–H and O–H groups in total. The van der Waals surface area contributed by atoms with E-state index in [1.165, 1.54) is 0 Å². The van der Waals surface area contributed by atoms with E-state index >= 15 is 0 Å². The van der Waals surface area contributed by atoms with Gasteiger partial charge in [0.2, 0.25) is 0 Å². The van der Waals surface area contributed by atoms with Crippen molar-refractivity contribution in [1.82, 2.24) is 4.98 Å². The Morgan fingerprint density at radius 1 is 1.10 bits per heavy atom. The number of benzene rings is 2. The molecule has 1 amide bonds. The second-order valence-corrected chi connectivity index (χ2v) is 8.35. The topological polar surface area (TPSA) is 114 Å². The van der Waals surface area contributed by atoms with Crippen LogP contribution in [0.3, 0.4) is 0 Å². The van der Waals surface area contributed by atoms with Crippen LogP contribution in [0.15, 0.2) is 65.7 Å². The molecular weight excluding hydrogens is 388 g/mol. The van der Waals surface area contributed by atoms with Crippen molar-refractivity contribution in [2.24, 2.45) is 0 Å². The molecule has 3 aromatic rings. The second-order valence-electron chi connectivity index (χ2n) is 6.67. The smallest absolute Gasteiger partial charge is 0.261 e. The largest absolute Gasteiger partial charge is 0.383 e. The Morgan fingerprint density at radius 2 is 1.86 bits per heavy atom. The van der Waals surface area contributed by atoms with Gasteiger partial charge in [-0.2, -0.15) is 0 Å². The summed E-state index contributed by atoms with van der Waals surface area (Å²) in [7, 11) is -3.75. The van der Waals surface area contributed by atoms with Crippen LogP contribution in [0.5, 0.6) is 0 Å². The summed E-state index contributed by atoms with van der Waals surface area (Å²) < 4.78 is 27.9. The van der Waals surface area contributed by atoms with E-state index in [1.807, 2.05) is 6.92 Å². The molecule has 0 radical (unpaired) electrons. The lowest BCUT2D eigenvalue weighted by molar-refractivity contribution is -0.110. The quantitative estimate of drug-likeness (QED) is 0.576. The van der Waals surface area contributed by atoms with Crippen molar-refractivity contribution >= 4 is 44.8 Å².